The third-order valence-electron chi connectivity index (χ3n) is 4.28. The molecule has 0 aromatic carbocycles. The highest BCUT2D eigenvalue weighted by Gasteiger charge is 2.22. The molecule has 1 saturated heterocycles. The summed E-state index contributed by atoms with van der Waals surface area (Å²) in [6.45, 7) is 2.54. The van der Waals surface area contributed by atoms with Gasteiger partial charge in [-0.3, -0.25) is 4.98 Å². The fraction of sp³-hybridized carbons (Fsp3) is 0.353. The smallest absolute Gasteiger partial charge is 0.142 e. The zero-order valence-electron chi connectivity index (χ0n) is 12.9. The van der Waals surface area contributed by atoms with Crippen LogP contribution in [0.2, 0.25) is 0 Å². The van der Waals surface area contributed by atoms with E-state index in [1.807, 2.05) is 30.6 Å². The molecular weight excluding hydrogens is 290 g/mol. The summed E-state index contributed by atoms with van der Waals surface area (Å²) in [7, 11) is 0. The number of piperidine rings is 1. The Hall–Kier alpha value is -2.47. The van der Waals surface area contributed by atoms with Crippen molar-refractivity contribution in [3.05, 3.63) is 48.7 Å². The summed E-state index contributed by atoms with van der Waals surface area (Å²) in [5.41, 5.74) is 2.02. The largest absolute Gasteiger partial charge is 0.373 e. The van der Waals surface area contributed by atoms with Crippen molar-refractivity contribution >= 4 is 16.9 Å². The zero-order valence-corrected chi connectivity index (χ0v) is 12.9. The average molecular weight is 309 g/mol. The molecule has 4 heterocycles. The molecule has 0 bridgehead atoms. The van der Waals surface area contributed by atoms with E-state index in [4.69, 9.17) is 4.74 Å². The van der Waals surface area contributed by atoms with Gasteiger partial charge in [0.2, 0.25) is 0 Å². The Bertz CT molecular complexity index is 765. The van der Waals surface area contributed by atoms with E-state index in [0.29, 0.717) is 12.7 Å². The second kappa shape index (κ2) is 6.34. The molecule has 4 rings (SSSR count). The van der Waals surface area contributed by atoms with Crippen LogP contribution in [0, 0.1) is 0 Å². The summed E-state index contributed by atoms with van der Waals surface area (Å²) in [6, 6.07) is 6.03. The lowest BCUT2D eigenvalue weighted by atomic mass is 10.1. The van der Waals surface area contributed by atoms with Crippen LogP contribution >= 0.6 is 0 Å². The van der Waals surface area contributed by atoms with Gasteiger partial charge in [0.25, 0.3) is 0 Å². The van der Waals surface area contributed by atoms with Crippen molar-refractivity contribution < 1.29 is 4.74 Å². The van der Waals surface area contributed by atoms with Crippen LogP contribution in [0.3, 0.4) is 0 Å². The molecule has 0 aliphatic carbocycles. The summed E-state index contributed by atoms with van der Waals surface area (Å²) in [5, 5.41) is 1.09. The van der Waals surface area contributed by atoms with E-state index in [-0.39, 0.29) is 0 Å². The summed E-state index contributed by atoms with van der Waals surface area (Å²) in [4.78, 5) is 18.3. The number of anilines is 1. The van der Waals surface area contributed by atoms with Gasteiger partial charge in [-0.05, 0) is 30.5 Å². The van der Waals surface area contributed by atoms with Gasteiger partial charge in [0, 0.05) is 31.7 Å². The first kappa shape index (κ1) is 14.1. The van der Waals surface area contributed by atoms with E-state index in [9.17, 15) is 0 Å². The SMILES string of the molecule is c1cncc(COC2CCN(c3ncnc4[nH]ccc34)CC2)c1. The topological polar surface area (TPSA) is 66.9 Å². The maximum absolute atomic E-state index is 6.02. The van der Waals surface area contributed by atoms with Gasteiger partial charge in [0.05, 0.1) is 18.1 Å². The number of ether oxygens (including phenoxy) is 1. The molecule has 0 radical (unpaired) electrons. The first-order valence-electron chi connectivity index (χ1n) is 7.94. The predicted molar refractivity (Wildman–Crippen MR) is 88.1 cm³/mol. The number of nitrogens with zero attached hydrogens (tertiary/aromatic N) is 4. The highest BCUT2D eigenvalue weighted by molar-refractivity contribution is 5.87. The molecule has 3 aromatic heterocycles. The first-order valence-corrected chi connectivity index (χ1v) is 7.94. The molecule has 1 aliphatic rings. The number of H-pyrrole nitrogens is 1. The standard InChI is InChI=1S/C17H19N5O/c1-2-13(10-18-6-1)11-23-14-4-8-22(9-5-14)17-15-3-7-19-16(15)20-12-21-17/h1-3,6-7,10,12,14H,4-5,8-9,11H2,(H,19,20,21). The minimum atomic E-state index is 0.301. The van der Waals surface area contributed by atoms with Crippen molar-refractivity contribution in [3.63, 3.8) is 0 Å². The number of aromatic nitrogens is 4. The van der Waals surface area contributed by atoms with Crippen LogP contribution in [0.1, 0.15) is 18.4 Å². The van der Waals surface area contributed by atoms with Gasteiger partial charge in [-0.15, -0.1) is 0 Å². The lowest BCUT2D eigenvalue weighted by Gasteiger charge is -2.32. The van der Waals surface area contributed by atoms with Gasteiger partial charge in [-0.2, -0.15) is 0 Å². The average Bonchev–Trinajstić information content (AvgIpc) is 3.10. The minimum absolute atomic E-state index is 0.301. The number of nitrogens with one attached hydrogen (secondary N) is 1. The van der Waals surface area contributed by atoms with Crippen molar-refractivity contribution in [1.29, 1.82) is 0 Å². The second-order valence-electron chi connectivity index (χ2n) is 5.80. The van der Waals surface area contributed by atoms with Gasteiger partial charge in [0.1, 0.15) is 17.8 Å². The molecular formula is C17H19N5O. The molecule has 0 spiro atoms. The summed E-state index contributed by atoms with van der Waals surface area (Å²) in [5.74, 6) is 1.02. The zero-order chi connectivity index (χ0) is 15.5. The molecule has 0 atom stereocenters. The lowest BCUT2D eigenvalue weighted by Crippen LogP contribution is -2.37. The third-order valence-corrected chi connectivity index (χ3v) is 4.28. The molecule has 3 aromatic rings. The summed E-state index contributed by atoms with van der Waals surface area (Å²) >= 11 is 0. The van der Waals surface area contributed by atoms with Gasteiger partial charge < -0.3 is 14.6 Å². The molecule has 0 unspecified atom stereocenters. The first-order chi connectivity index (χ1) is 11.4. The van der Waals surface area contributed by atoms with E-state index in [1.165, 1.54) is 0 Å². The molecule has 6 heteroatoms. The van der Waals surface area contributed by atoms with E-state index < -0.39 is 0 Å². The van der Waals surface area contributed by atoms with E-state index >= 15 is 0 Å². The van der Waals surface area contributed by atoms with Gasteiger partial charge in [0.15, 0.2) is 0 Å². The van der Waals surface area contributed by atoms with Gasteiger partial charge >= 0.3 is 0 Å². The molecule has 1 N–H and O–H groups in total. The summed E-state index contributed by atoms with van der Waals surface area (Å²) in [6.07, 6.45) is 9.50. The van der Waals surface area contributed by atoms with Crippen LogP contribution < -0.4 is 4.90 Å². The van der Waals surface area contributed by atoms with Crippen molar-refractivity contribution in [3.8, 4) is 0 Å². The molecule has 0 saturated carbocycles. The Labute approximate surface area is 134 Å². The number of hydrogen-bond donors (Lipinski definition) is 1. The summed E-state index contributed by atoms with van der Waals surface area (Å²) < 4.78 is 6.02. The fourth-order valence-corrected chi connectivity index (χ4v) is 3.04. The molecule has 6 nitrogen and oxygen atoms in total. The van der Waals surface area contributed by atoms with E-state index in [2.05, 4.69) is 24.8 Å². The van der Waals surface area contributed by atoms with E-state index in [0.717, 1.165) is 48.3 Å². The third kappa shape index (κ3) is 3.03. The number of hydrogen-bond acceptors (Lipinski definition) is 5. The van der Waals surface area contributed by atoms with E-state index in [1.54, 1.807) is 12.5 Å². The second-order valence-corrected chi connectivity index (χ2v) is 5.80. The molecule has 23 heavy (non-hydrogen) atoms. The highest BCUT2D eigenvalue weighted by atomic mass is 16.5. The van der Waals surface area contributed by atoms with Gasteiger partial charge in [-0.1, -0.05) is 6.07 Å². The molecule has 1 aliphatic heterocycles. The van der Waals surface area contributed by atoms with Crippen LogP contribution in [0.4, 0.5) is 5.82 Å². The normalized spacial score (nSPS) is 16.1. The Morgan fingerprint density at radius 2 is 2.13 bits per heavy atom. The number of aromatic amines is 1. The maximum Gasteiger partial charge on any atom is 0.142 e. The molecule has 1 fully saturated rings. The minimum Gasteiger partial charge on any atom is -0.373 e. The Morgan fingerprint density at radius 3 is 2.96 bits per heavy atom. The number of pyridine rings is 1. The van der Waals surface area contributed by atoms with Crippen molar-refractivity contribution in [1.82, 2.24) is 19.9 Å². The van der Waals surface area contributed by atoms with Crippen LogP contribution in [0.5, 0.6) is 0 Å². The maximum atomic E-state index is 6.02. The monoisotopic (exact) mass is 309 g/mol. The van der Waals surface area contributed by atoms with Gasteiger partial charge in [-0.25, -0.2) is 9.97 Å². The lowest BCUT2D eigenvalue weighted by molar-refractivity contribution is 0.0249. The fourth-order valence-electron chi connectivity index (χ4n) is 3.04. The Kier molecular flexibility index (Phi) is 3.90. The molecule has 118 valence electrons. The van der Waals surface area contributed by atoms with Crippen LogP contribution in [0.25, 0.3) is 11.0 Å². The van der Waals surface area contributed by atoms with Crippen LogP contribution in [-0.4, -0.2) is 39.1 Å². The van der Waals surface area contributed by atoms with Crippen LogP contribution in [0.15, 0.2) is 43.1 Å². The molecule has 0 amide bonds. The van der Waals surface area contributed by atoms with Crippen molar-refractivity contribution in [2.45, 2.75) is 25.6 Å². The Morgan fingerprint density at radius 1 is 1.22 bits per heavy atom. The highest BCUT2D eigenvalue weighted by Crippen LogP contribution is 2.26. The van der Waals surface area contributed by atoms with Crippen molar-refractivity contribution in [2.75, 3.05) is 18.0 Å². The number of fused-ring (bicyclic) bond motifs is 1. The van der Waals surface area contributed by atoms with Crippen molar-refractivity contribution in [2.24, 2.45) is 0 Å². The Balaban J connectivity index is 1.37. The van der Waals surface area contributed by atoms with Crippen LogP contribution in [-0.2, 0) is 11.3 Å². The quantitative estimate of drug-likeness (QED) is 0.802. The number of rotatable bonds is 4. The predicted octanol–water partition coefficient (Wildman–Crippen LogP) is 2.54.